The van der Waals surface area contributed by atoms with Gasteiger partial charge in [-0.15, -0.1) is 35.3 Å². The molecule has 0 saturated carbocycles. The van der Waals surface area contributed by atoms with Gasteiger partial charge in [0.25, 0.3) is 0 Å². The van der Waals surface area contributed by atoms with E-state index in [0.29, 0.717) is 23.1 Å². The van der Waals surface area contributed by atoms with Gasteiger partial charge in [-0.2, -0.15) is 13.2 Å². The van der Waals surface area contributed by atoms with Crippen molar-refractivity contribution in [3.8, 4) is 0 Å². The third-order valence-electron chi connectivity index (χ3n) is 3.28. The fourth-order valence-electron chi connectivity index (χ4n) is 2.00. The molecule has 1 heterocycles. The molecule has 1 atom stereocenters. The Hall–Kier alpha value is -1.11. The molecule has 0 aliphatic carbocycles. The highest BCUT2D eigenvalue weighted by Crippen LogP contribution is 2.30. The van der Waals surface area contributed by atoms with Crippen LogP contribution in [-0.2, 0) is 12.7 Å². The van der Waals surface area contributed by atoms with Crippen LogP contribution in [0.5, 0.6) is 0 Å². The number of nitrogens with one attached hydrogen (secondary N) is 2. The zero-order valence-corrected chi connectivity index (χ0v) is 18.2. The van der Waals surface area contributed by atoms with Crippen molar-refractivity contribution in [2.24, 2.45) is 4.99 Å². The first-order valence-corrected chi connectivity index (χ1v) is 9.02. The first kappa shape index (κ1) is 23.9. The molecule has 2 rings (SSSR count). The second-order valence-electron chi connectivity index (χ2n) is 5.27. The number of hydrogen-bond acceptors (Lipinski definition) is 4. The molecule has 0 bridgehead atoms. The number of nitrogens with zero attached hydrogens (tertiary/aromatic N) is 2. The molecule has 0 radical (unpaired) electrons. The molecular weight excluding hydrogens is 516 g/mol. The molecule has 11 heteroatoms. The van der Waals surface area contributed by atoms with Crippen LogP contribution in [0.25, 0.3) is 0 Å². The average Bonchev–Trinajstić information content (AvgIpc) is 3.07. The highest BCUT2D eigenvalue weighted by atomic mass is 127. The monoisotopic (exact) mass is 534 g/mol. The van der Waals surface area contributed by atoms with Crippen LogP contribution in [0.2, 0.25) is 5.02 Å². The van der Waals surface area contributed by atoms with Gasteiger partial charge in [0.2, 0.25) is 0 Å². The Morgan fingerprint density at radius 3 is 2.52 bits per heavy atom. The first-order valence-electron chi connectivity index (χ1n) is 7.77. The molecule has 150 valence electrons. The van der Waals surface area contributed by atoms with E-state index >= 15 is 0 Å². The largest absolute Gasteiger partial charge is 0.434 e. The summed E-state index contributed by atoms with van der Waals surface area (Å²) in [6.07, 6.45) is -5.24. The molecule has 1 aromatic carbocycles. The van der Waals surface area contributed by atoms with Gasteiger partial charge in [-0.05, 0) is 24.6 Å². The maximum Gasteiger partial charge on any atom is 0.434 e. The number of hydrogen-bond donors (Lipinski definition) is 3. The standard InChI is InChI=1S/C16H18ClF3N4OS.HI/c1-2-21-15(22-7-12(25)10-3-5-11(17)6-4-10)23-8-14-24-13(9-26-14)16(18,19)20;/h3-6,9,12,25H,2,7-8H2,1H3,(H2,21,22,23);1H. The van der Waals surface area contributed by atoms with Crippen molar-refractivity contribution >= 4 is 52.9 Å². The van der Waals surface area contributed by atoms with Crippen LogP contribution < -0.4 is 10.6 Å². The molecule has 1 unspecified atom stereocenters. The third-order valence-corrected chi connectivity index (χ3v) is 4.36. The van der Waals surface area contributed by atoms with E-state index in [1.54, 1.807) is 24.3 Å². The summed E-state index contributed by atoms with van der Waals surface area (Å²) in [5, 5.41) is 17.9. The zero-order chi connectivity index (χ0) is 19.2. The van der Waals surface area contributed by atoms with Crippen molar-refractivity contribution in [2.45, 2.75) is 25.7 Å². The van der Waals surface area contributed by atoms with Gasteiger partial charge in [0.15, 0.2) is 11.7 Å². The number of benzene rings is 1. The van der Waals surface area contributed by atoms with Gasteiger partial charge in [0.1, 0.15) is 5.01 Å². The highest BCUT2D eigenvalue weighted by molar-refractivity contribution is 14.0. The molecule has 2 aromatic rings. The third kappa shape index (κ3) is 7.80. The van der Waals surface area contributed by atoms with E-state index in [0.717, 1.165) is 16.7 Å². The van der Waals surface area contributed by atoms with Crippen molar-refractivity contribution in [1.29, 1.82) is 0 Å². The van der Waals surface area contributed by atoms with Crippen LogP contribution in [-0.4, -0.2) is 29.1 Å². The summed E-state index contributed by atoms with van der Waals surface area (Å²) in [6.45, 7) is 2.61. The van der Waals surface area contributed by atoms with Crippen LogP contribution >= 0.6 is 46.9 Å². The molecule has 0 aliphatic rings. The lowest BCUT2D eigenvalue weighted by Crippen LogP contribution is -2.39. The van der Waals surface area contributed by atoms with Crippen molar-refractivity contribution < 1.29 is 18.3 Å². The van der Waals surface area contributed by atoms with Gasteiger partial charge in [-0.3, -0.25) is 0 Å². The quantitative estimate of drug-likeness (QED) is 0.295. The summed E-state index contributed by atoms with van der Waals surface area (Å²) >= 11 is 6.72. The van der Waals surface area contributed by atoms with Gasteiger partial charge in [-0.1, -0.05) is 23.7 Å². The Kier molecular flexibility index (Phi) is 9.77. The Morgan fingerprint density at radius 2 is 1.96 bits per heavy atom. The Balaban J connectivity index is 0.00000364. The SMILES string of the molecule is CCNC(=NCc1nc(C(F)(F)F)cs1)NCC(O)c1ccc(Cl)cc1.I. The topological polar surface area (TPSA) is 69.5 Å². The number of thiazole rings is 1. The van der Waals surface area contributed by atoms with E-state index in [9.17, 15) is 18.3 Å². The fraction of sp³-hybridized carbons (Fsp3) is 0.375. The number of rotatable bonds is 6. The maximum atomic E-state index is 12.6. The van der Waals surface area contributed by atoms with Crippen LogP contribution in [0, 0.1) is 0 Å². The maximum absolute atomic E-state index is 12.6. The summed E-state index contributed by atoms with van der Waals surface area (Å²) < 4.78 is 37.7. The Labute approximate surface area is 181 Å². The van der Waals surface area contributed by atoms with E-state index in [1.165, 1.54) is 0 Å². The fourth-order valence-corrected chi connectivity index (χ4v) is 2.85. The summed E-state index contributed by atoms with van der Waals surface area (Å²) in [5.74, 6) is 0.379. The van der Waals surface area contributed by atoms with Crippen LogP contribution in [0.3, 0.4) is 0 Å². The minimum absolute atomic E-state index is 0. The molecule has 0 spiro atoms. The number of aliphatic imine (C=N–C) groups is 1. The molecule has 5 nitrogen and oxygen atoms in total. The summed E-state index contributed by atoms with van der Waals surface area (Å²) in [4.78, 5) is 7.74. The number of aliphatic hydroxyl groups is 1. The lowest BCUT2D eigenvalue weighted by Gasteiger charge is -2.15. The summed E-state index contributed by atoms with van der Waals surface area (Å²) in [7, 11) is 0. The predicted octanol–water partition coefficient (Wildman–Crippen LogP) is 4.22. The van der Waals surface area contributed by atoms with Crippen LogP contribution in [0.4, 0.5) is 13.2 Å². The number of aromatic nitrogens is 1. The second kappa shape index (κ2) is 11.0. The molecule has 0 fully saturated rings. The highest BCUT2D eigenvalue weighted by Gasteiger charge is 2.33. The van der Waals surface area contributed by atoms with E-state index in [4.69, 9.17) is 11.6 Å². The number of guanidine groups is 1. The van der Waals surface area contributed by atoms with E-state index in [2.05, 4.69) is 20.6 Å². The lowest BCUT2D eigenvalue weighted by molar-refractivity contribution is -0.140. The van der Waals surface area contributed by atoms with E-state index in [-0.39, 0.29) is 42.1 Å². The molecule has 0 aliphatic heterocycles. The predicted molar refractivity (Wildman–Crippen MR) is 112 cm³/mol. The smallest absolute Gasteiger partial charge is 0.387 e. The lowest BCUT2D eigenvalue weighted by atomic mass is 10.1. The van der Waals surface area contributed by atoms with Gasteiger partial charge in [0, 0.05) is 23.5 Å². The van der Waals surface area contributed by atoms with Gasteiger partial charge < -0.3 is 15.7 Å². The number of alkyl halides is 3. The normalized spacial score (nSPS) is 13.0. The Bertz CT molecular complexity index is 740. The minimum atomic E-state index is -4.45. The van der Waals surface area contributed by atoms with Gasteiger partial charge >= 0.3 is 6.18 Å². The van der Waals surface area contributed by atoms with Crippen molar-refractivity contribution in [1.82, 2.24) is 15.6 Å². The van der Waals surface area contributed by atoms with Gasteiger partial charge in [0.05, 0.1) is 12.6 Å². The minimum Gasteiger partial charge on any atom is -0.387 e. The number of halogens is 5. The molecule has 3 N–H and O–H groups in total. The second-order valence-corrected chi connectivity index (χ2v) is 6.65. The van der Waals surface area contributed by atoms with Crippen LogP contribution in [0.15, 0.2) is 34.6 Å². The molecule has 0 amide bonds. The Morgan fingerprint density at radius 1 is 1.30 bits per heavy atom. The number of aliphatic hydroxyl groups excluding tert-OH is 1. The molecule has 27 heavy (non-hydrogen) atoms. The summed E-state index contributed by atoms with van der Waals surface area (Å²) in [5.41, 5.74) is -0.226. The van der Waals surface area contributed by atoms with Crippen molar-refractivity contribution in [3.05, 3.63) is 50.9 Å². The molecule has 0 saturated heterocycles. The van der Waals surface area contributed by atoms with Gasteiger partial charge in [-0.25, -0.2) is 9.98 Å². The average molecular weight is 535 g/mol. The zero-order valence-electron chi connectivity index (χ0n) is 14.3. The van der Waals surface area contributed by atoms with Crippen molar-refractivity contribution in [2.75, 3.05) is 13.1 Å². The van der Waals surface area contributed by atoms with E-state index in [1.807, 2.05) is 6.92 Å². The van der Waals surface area contributed by atoms with E-state index < -0.39 is 18.0 Å². The molecular formula is C16H19ClF3IN4OS. The first-order chi connectivity index (χ1) is 12.3. The van der Waals surface area contributed by atoms with Crippen molar-refractivity contribution in [3.63, 3.8) is 0 Å². The van der Waals surface area contributed by atoms with Crippen LogP contribution in [0.1, 0.15) is 29.3 Å². The summed E-state index contributed by atoms with van der Waals surface area (Å²) in [6, 6.07) is 6.79. The molecule has 1 aromatic heterocycles.